The van der Waals surface area contributed by atoms with E-state index in [1.807, 2.05) is 43.3 Å². The molecule has 0 bridgehead atoms. The van der Waals surface area contributed by atoms with E-state index < -0.39 is 0 Å². The fourth-order valence-corrected chi connectivity index (χ4v) is 3.55. The van der Waals surface area contributed by atoms with Crippen LogP contribution in [0.25, 0.3) is 10.9 Å². The summed E-state index contributed by atoms with van der Waals surface area (Å²) in [5.74, 6) is 0.00166. The lowest BCUT2D eigenvalue weighted by Crippen LogP contribution is -2.27. The molecule has 25 heavy (non-hydrogen) atoms. The van der Waals surface area contributed by atoms with Crippen molar-refractivity contribution in [3.8, 4) is 0 Å². The van der Waals surface area contributed by atoms with Crippen LogP contribution in [0.4, 0.5) is 4.39 Å². The Hall–Kier alpha value is -2.40. The Kier molecular flexibility index (Phi) is 5.34. The summed E-state index contributed by atoms with van der Waals surface area (Å²) in [6, 6.07) is 16.3. The lowest BCUT2D eigenvalue weighted by Gasteiger charge is -2.17. The first-order valence-electron chi connectivity index (χ1n) is 8.00. The highest BCUT2D eigenvalue weighted by Gasteiger charge is 2.11. The van der Waals surface area contributed by atoms with Gasteiger partial charge in [0.15, 0.2) is 0 Å². The summed E-state index contributed by atoms with van der Waals surface area (Å²) in [5, 5.41) is 1.96. The molecule has 0 radical (unpaired) electrons. The monoisotopic (exact) mass is 354 g/mol. The molecule has 5 heteroatoms. The molecule has 3 aromatic rings. The minimum absolute atomic E-state index is 0.0122. The van der Waals surface area contributed by atoms with Gasteiger partial charge in [0, 0.05) is 19.0 Å². The number of aryl methyl sites for hydroxylation is 1. The Balaban J connectivity index is 1.63. The van der Waals surface area contributed by atoms with Crippen LogP contribution < -0.4 is 0 Å². The van der Waals surface area contributed by atoms with E-state index in [2.05, 4.69) is 4.98 Å². The highest BCUT2D eigenvalue weighted by atomic mass is 32.2. The van der Waals surface area contributed by atoms with Crippen LogP contribution in [-0.2, 0) is 11.3 Å². The van der Waals surface area contributed by atoms with Gasteiger partial charge in [-0.1, -0.05) is 42.1 Å². The molecule has 1 heterocycles. The van der Waals surface area contributed by atoms with Gasteiger partial charge in [-0.05, 0) is 42.3 Å². The largest absolute Gasteiger partial charge is 0.341 e. The molecule has 1 amide bonds. The van der Waals surface area contributed by atoms with Gasteiger partial charge in [0.1, 0.15) is 5.82 Å². The fraction of sp³-hybridized carbons (Fsp3) is 0.200. The number of benzene rings is 2. The Morgan fingerprint density at radius 2 is 1.96 bits per heavy atom. The van der Waals surface area contributed by atoms with Gasteiger partial charge in [0.25, 0.3) is 0 Å². The topological polar surface area (TPSA) is 33.2 Å². The first kappa shape index (κ1) is 17.4. The predicted molar refractivity (Wildman–Crippen MR) is 100 cm³/mol. The zero-order chi connectivity index (χ0) is 17.8. The maximum Gasteiger partial charge on any atom is 0.233 e. The summed E-state index contributed by atoms with van der Waals surface area (Å²) in [5.41, 5.74) is 2.86. The Bertz CT molecular complexity index is 913. The summed E-state index contributed by atoms with van der Waals surface area (Å²) < 4.78 is 13.2. The minimum atomic E-state index is -0.288. The average Bonchev–Trinajstić information content (AvgIpc) is 2.59. The molecule has 3 rings (SSSR count). The summed E-state index contributed by atoms with van der Waals surface area (Å²) in [6.07, 6.45) is 0. The lowest BCUT2D eigenvalue weighted by atomic mass is 10.1. The quantitative estimate of drug-likeness (QED) is 0.636. The molecule has 1 aromatic heterocycles. The molecule has 3 nitrogen and oxygen atoms in total. The summed E-state index contributed by atoms with van der Waals surface area (Å²) in [4.78, 5) is 18.6. The van der Waals surface area contributed by atoms with E-state index in [4.69, 9.17) is 0 Å². The van der Waals surface area contributed by atoms with Crippen molar-refractivity contribution in [2.45, 2.75) is 18.5 Å². The second-order valence-electron chi connectivity index (χ2n) is 5.96. The van der Waals surface area contributed by atoms with E-state index in [-0.39, 0.29) is 11.7 Å². The molecule has 0 atom stereocenters. The predicted octanol–water partition coefficient (Wildman–Crippen LogP) is 4.43. The molecule has 0 aliphatic rings. The number of carbonyl (C=O) groups excluding carboxylic acids is 1. The lowest BCUT2D eigenvalue weighted by molar-refractivity contribution is -0.127. The maximum absolute atomic E-state index is 13.2. The van der Waals surface area contributed by atoms with Gasteiger partial charge >= 0.3 is 0 Å². The van der Waals surface area contributed by atoms with Gasteiger partial charge < -0.3 is 4.90 Å². The van der Waals surface area contributed by atoms with Gasteiger partial charge in [-0.15, -0.1) is 0 Å². The standard InChI is InChI=1S/C20H19FN2OS/c1-14-10-19(22-18-9-4-3-8-17(14)18)25-13-20(24)23(2)12-15-6-5-7-16(21)11-15/h3-11H,12-13H2,1-2H3. The Labute approximate surface area is 150 Å². The third-order valence-corrected chi connectivity index (χ3v) is 4.87. The fourth-order valence-electron chi connectivity index (χ4n) is 2.64. The molecule has 0 fully saturated rings. The van der Waals surface area contributed by atoms with E-state index in [0.717, 1.165) is 27.1 Å². The molecule has 0 spiro atoms. The van der Waals surface area contributed by atoms with Crippen molar-refractivity contribution in [1.82, 2.24) is 9.88 Å². The Morgan fingerprint density at radius 1 is 1.16 bits per heavy atom. The van der Waals surface area contributed by atoms with Gasteiger partial charge in [-0.25, -0.2) is 9.37 Å². The van der Waals surface area contributed by atoms with Crippen LogP contribution in [0.3, 0.4) is 0 Å². The van der Waals surface area contributed by atoms with Crippen molar-refractivity contribution in [1.29, 1.82) is 0 Å². The van der Waals surface area contributed by atoms with E-state index in [0.29, 0.717) is 12.3 Å². The molecule has 0 saturated carbocycles. The first-order valence-corrected chi connectivity index (χ1v) is 8.99. The smallest absolute Gasteiger partial charge is 0.233 e. The van der Waals surface area contributed by atoms with Gasteiger partial charge in [-0.2, -0.15) is 0 Å². The average molecular weight is 354 g/mol. The molecule has 0 saturated heterocycles. The highest BCUT2D eigenvalue weighted by Crippen LogP contribution is 2.23. The number of halogens is 1. The minimum Gasteiger partial charge on any atom is -0.341 e. The van der Waals surface area contributed by atoms with Crippen LogP contribution in [0, 0.1) is 12.7 Å². The third kappa shape index (κ3) is 4.37. The number of thioether (sulfide) groups is 1. The van der Waals surface area contributed by atoms with Crippen molar-refractivity contribution < 1.29 is 9.18 Å². The van der Waals surface area contributed by atoms with Crippen LogP contribution >= 0.6 is 11.8 Å². The van der Waals surface area contributed by atoms with E-state index in [1.165, 1.54) is 23.9 Å². The third-order valence-electron chi connectivity index (χ3n) is 3.98. The normalized spacial score (nSPS) is 10.8. The van der Waals surface area contributed by atoms with Crippen molar-refractivity contribution in [2.75, 3.05) is 12.8 Å². The first-order chi connectivity index (χ1) is 12.0. The summed E-state index contributed by atoms with van der Waals surface area (Å²) in [7, 11) is 1.73. The summed E-state index contributed by atoms with van der Waals surface area (Å²) in [6.45, 7) is 2.44. The number of fused-ring (bicyclic) bond motifs is 1. The van der Waals surface area contributed by atoms with Crippen molar-refractivity contribution in [3.63, 3.8) is 0 Å². The molecular weight excluding hydrogens is 335 g/mol. The summed E-state index contributed by atoms with van der Waals surface area (Å²) >= 11 is 1.42. The number of nitrogens with zero attached hydrogens (tertiary/aromatic N) is 2. The molecule has 128 valence electrons. The van der Waals surface area contributed by atoms with E-state index >= 15 is 0 Å². The zero-order valence-corrected chi connectivity index (χ0v) is 15.0. The van der Waals surface area contributed by atoms with Crippen LogP contribution in [0.5, 0.6) is 0 Å². The van der Waals surface area contributed by atoms with Crippen LogP contribution in [0.15, 0.2) is 59.6 Å². The second-order valence-corrected chi connectivity index (χ2v) is 6.96. The molecule has 0 aliphatic heterocycles. The van der Waals surface area contributed by atoms with Crippen LogP contribution in [-0.4, -0.2) is 28.6 Å². The number of carbonyl (C=O) groups is 1. The van der Waals surface area contributed by atoms with Crippen LogP contribution in [0.1, 0.15) is 11.1 Å². The zero-order valence-electron chi connectivity index (χ0n) is 14.2. The molecule has 0 N–H and O–H groups in total. The van der Waals surface area contributed by atoms with E-state index in [1.54, 1.807) is 18.0 Å². The number of pyridine rings is 1. The maximum atomic E-state index is 13.2. The number of amides is 1. The van der Waals surface area contributed by atoms with Crippen LogP contribution in [0.2, 0.25) is 0 Å². The van der Waals surface area contributed by atoms with Gasteiger partial charge in [-0.3, -0.25) is 4.79 Å². The number of hydrogen-bond acceptors (Lipinski definition) is 3. The molecular formula is C20H19FN2OS. The number of aromatic nitrogens is 1. The van der Waals surface area contributed by atoms with Crippen molar-refractivity contribution >= 4 is 28.6 Å². The molecule has 0 aliphatic carbocycles. The van der Waals surface area contributed by atoms with Crippen molar-refractivity contribution in [3.05, 3.63) is 71.5 Å². The molecule has 0 unspecified atom stereocenters. The van der Waals surface area contributed by atoms with Crippen molar-refractivity contribution in [2.24, 2.45) is 0 Å². The SMILES string of the molecule is Cc1cc(SCC(=O)N(C)Cc2cccc(F)c2)nc2ccccc12. The Morgan fingerprint density at radius 3 is 2.76 bits per heavy atom. The van der Waals surface area contributed by atoms with Gasteiger partial charge in [0.05, 0.1) is 16.3 Å². The number of hydrogen-bond donors (Lipinski definition) is 0. The number of para-hydroxylation sites is 1. The van der Waals surface area contributed by atoms with E-state index in [9.17, 15) is 9.18 Å². The second kappa shape index (κ2) is 7.66. The molecule has 2 aromatic carbocycles. The highest BCUT2D eigenvalue weighted by molar-refractivity contribution is 7.99. The van der Waals surface area contributed by atoms with Gasteiger partial charge in [0.2, 0.25) is 5.91 Å². The number of rotatable bonds is 5.